The number of carbonyl (C=O) groups is 3. The van der Waals surface area contributed by atoms with Gasteiger partial charge in [0.1, 0.15) is 0 Å². The molecule has 6 nitrogen and oxygen atoms in total. The Kier molecular flexibility index (Phi) is 5.81. The Hall–Kier alpha value is -2.08. The van der Waals surface area contributed by atoms with Gasteiger partial charge in [0.2, 0.25) is 11.8 Å². The van der Waals surface area contributed by atoms with Gasteiger partial charge in [0.05, 0.1) is 12.5 Å². The smallest absolute Gasteiger partial charge is 0.306 e. The molecule has 7 heteroatoms. The quantitative estimate of drug-likeness (QED) is 0.872. The van der Waals surface area contributed by atoms with E-state index < -0.39 is 5.97 Å². The van der Waals surface area contributed by atoms with Crippen LogP contribution in [0.4, 0.5) is 0 Å². The van der Waals surface area contributed by atoms with Gasteiger partial charge in [0.25, 0.3) is 0 Å². The summed E-state index contributed by atoms with van der Waals surface area (Å²) < 4.78 is 0. The van der Waals surface area contributed by atoms with Crippen LogP contribution >= 0.6 is 11.6 Å². The minimum Gasteiger partial charge on any atom is -0.481 e. The zero-order chi connectivity index (χ0) is 18.7. The van der Waals surface area contributed by atoms with Crippen LogP contribution in [0.2, 0.25) is 5.02 Å². The maximum absolute atomic E-state index is 12.7. The van der Waals surface area contributed by atoms with Crippen molar-refractivity contribution in [2.75, 3.05) is 19.6 Å². The highest BCUT2D eigenvalue weighted by atomic mass is 35.5. The lowest BCUT2D eigenvalue weighted by Crippen LogP contribution is -2.53. The molecule has 2 fully saturated rings. The van der Waals surface area contributed by atoms with Gasteiger partial charge in [-0.2, -0.15) is 0 Å². The van der Waals surface area contributed by atoms with E-state index in [1.807, 2.05) is 12.1 Å². The molecule has 0 atom stereocenters. The highest BCUT2D eigenvalue weighted by Crippen LogP contribution is 2.30. The summed E-state index contributed by atoms with van der Waals surface area (Å²) in [6, 6.07) is 7.39. The van der Waals surface area contributed by atoms with Gasteiger partial charge in [-0.05, 0) is 43.4 Å². The first-order chi connectivity index (χ1) is 12.4. The largest absolute Gasteiger partial charge is 0.481 e. The standard InChI is InChI=1S/C19H23ClN2O4/c20-16-7-1-13(2-8-16)11-21-9-10-22(12-17(21)23)18(24)14-3-5-15(6-4-14)19(25)26/h1-2,7-8,14-15H,3-6,9-12H2,(H,25,26). The number of benzene rings is 1. The van der Waals surface area contributed by atoms with E-state index in [9.17, 15) is 14.4 Å². The predicted molar refractivity (Wildman–Crippen MR) is 96.5 cm³/mol. The van der Waals surface area contributed by atoms with Crippen LogP contribution in [0.1, 0.15) is 31.2 Å². The third-order valence-corrected chi connectivity index (χ3v) is 5.59. The maximum Gasteiger partial charge on any atom is 0.306 e. The molecule has 1 N–H and O–H groups in total. The van der Waals surface area contributed by atoms with Crippen molar-refractivity contribution in [3.05, 3.63) is 34.9 Å². The van der Waals surface area contributed by atoms with Crippen molar-refractivity contribution in [3.8, 4) is 0 Å². The number of carbonyl (C=O) groups excluding carboxylic acids is 2. The number of nitrogens with zero attached hydrogens (tertiary/aromatic N) is 2. The van der Waals surface area contributed by atoms with Crippen molar-refractivity contribution >= 4 is 29.4 Å². The third-order valence-electron chi connectivity index (χ3n) is 5.34. The molecule has 1 aromatic rings. The Balaban J connectivity index is 1.52. The summed E-state index contributed by atoms with van der Waals surface area (Å²) in [5.74, 6) is -1.33. The van der Waals surface area contributed by atoms with Crippen molar-refractivity contribution in [2.45, 2.75) is 32.2 Å². The van der Waals surface area contributed by atoms with Crippen LogP contribution in [0.15, 0.2) is 24.3 Å². The predicted octanol–water partition coefficient (Wildman–Crippen LogP) is 2.40. The Morgan fingerprint density at radius 3 is 2.23 bits per heavy atom. The third kappa shape index (κ3) is 4.36. The summed E-state index contributed by atoms with van der Waals surface area (Å²) in [6.07, 6.45) is 2.26. The van der Waals surface area contributed by atoms with Crippen molar-refractivity contribution in [2.24, 2.45) is 11.8 Å². The van der Waals surface area contributed by atoms with E-state index in [0.29, 0.717) is 50.3 Å². The number of piperazine rings is 1. The molecule has 0 spiro atoms. The maximum atomic E-state index is 12.7. The molecule has 3 rings (SSSR count). The molecule has 140 valence electrons. The molecule has 0 unspecified atom stereocenters. The number of carboxylic acids is 1. The van der Waals surface area contributed by atoms with Crippen LogP contribution in [0.25, 0.3) is 0 Å². The monoisotopic (exact) mass is 378 g/mol. The summed E-state index contributed by atoms with van der Waals surface area (Å²) >= 11 is 5.88. The molecule has 1 heterocycles. The SMILES string of the molecule is O=C(O)C1CCC(C(=O)N2CCN(Cc3ccc(Cl)cc3)C(=O)C2)CC1. The number of halogens is 1. The Labute approximate surface area is 157 Å². The summed E-state index contributed by atoms with van der Waals surface area (Å²) in [7, 11) is 0. The fourth-order valence-corrected chi connectivity index (χ4v) is 3.85. The molecular weight excluding hydrogens is 356 g/mol. The fourth-order valence-electron chi connectivity index (χ4n) is 3.72. The van der Waals surface area contributed by atoms with Crippen LogP contribution in [0, 0.1) is 11.8 Å². The molecule has 0 aromatic heterocycles. The number of carboxylic acid groups (broad SMARTS) is 1. The van der Waals surface area contributed by atoms with E-state index in [0.717, 1.165) is 5.56 Å². The van der Waals surface area contributed by atoms with Crippen molar-refractivity contribution in [1.82, 2.24) is 9.80 Å². The van der Waals surface area contributed by atoms with Gasteiger partial charge in [-0.25, -0.2) is 0 Å². The van der Waals surface area contributed by atoms with Gasteiger partial charge < -0.3 is 14.9 Å². The van der Waals surface area contributed by atoms with Gasteiger partial charge in [-0.15, -0.1) is 0 Å². The summed E-state index contributed by atoms with van der Waals surface area (Å²) in [5.41, 5.74) is 1.01. The second-order valence-corrected chi connectivity index (χ2v) is 7.52. The number of rotatable bonds is 4. The van der Waals surface area contributed by atoms with Crippen LogP contribution in [0.3, 0.4) is 0 Å². The van der Waals surface area contributed by atoms with Gasteiger partial charge in [-0.1, -0.05) is 23.7 Å². The number of hydrogen-bond donors (Lipinski definition) is 1. The second-order valence-electron chi connectivity index (χ2n) is 7.09. The van der Waals surface area contributed by atoms with Gasteiger partial charge >= 0.3 is 5.97 Å². The van der Waals surface area contributed by atoms with Gasteiger partial charge in [-0.3, -0.25) is 14.4 Å². The molecular formula is C19H23ClN2O4. The molecule has 2 amide bonds. The average molecular weight is 379 g/mol. The average Bonchev–Trinajstić information content (AvgIpc) is 2.64. The number of hydrogen-bond acceptors (Lipinski definition) is 3. The van der Waals surface area contributed by atoms with Gasteiger partial charge in [0.15, 0.2) is 0 Å². The van der Waals surface area contributed by atoms with E-state index >= 15 is 0 Å². The molecule has 2 aliphatic rings. The van der Waals surface area contributed by atoms with E-state index in [-0.39, 0.29) is 30.2 Å². The molecule has 1 aliphatic heterocycles. The molecule has 1 saturated carbocycles. The first-order valence-corrected chi connectivity index (χ1v) is 9.35. The molecule has 0 radical (unpaired) electrons. The summed E-state index contributed by atoms with van der Waals surface area (Å²) in [6.45, 7) is 1.65. The highest BCUT2D eigenvalue weighted by Gasteiger charge is 2.34. The van der Waals surface area contributed by atoms with Crippen molar-refractivity contribution in [3.63, 3.8) is 0 Å². The first kappa shape index (κ1) is 18.7. The second kappa shape index (κ2) is 8.08. The Morgan fingerprint density at radius 2 is 1.65 bits per heavy atom. The van der Waals surface area contributed by atoms with Crippen molar-refractivity contribution < 1.29 is 19.5 Å². The molecule has 1 aliphatic carbocycles. The summed E-state index contributed by atoms with van der Waals surface area (Å²) in [4.78, 5) is 39.5. The van der Waals surface area contributed by atoms with Gasteiger partial charge in [0, 0.05) is 30.6 Å². The molecule has 0 bridgehead atoms. The van der Waals surface area contributed by atoms with Crippen LogP contribution in [0.5, 0.6) is 0 Å². The summed E-state index contributed by atoms with van der Waals surface area (Å²) in [5, 5.41) is 9.72. The fraction of sp³-hybridized carbons (Fsp3) is 0.526. The van der Waals surface area contributed by atoms with Crippen LogP contribution in [-0.4, -0.2) is 52.3 Å². The van der Waals surface area contributed by atoms with E-state index in [4.69, 9.17) is 16.7 Å². The lowest BCUT2D eigenvalue weighted by molar-refractivity contribution is -0.150. The first-order valence-electron chi connectivity index (χ1n) is 8.98. The zero-order valence-corrected chi connectivity index (χ0v) is 15.3. The Bertz CT molecular complexity index is 683. The van der Waals surface area contributed by atoms with Crippen molar-refractivity contribution in [1.29, 1.82) is 0 Å². The lowest BCUT2D eigenvalue weighted by atomic mass is 9.81. The van der Waals surface area contributed by atoms with E-state index in [1.165, 1.54) is 0 Å². The Morgan fingerprint density at radius 1 is 1.04 bits per heavy atom. The van der Waals surface area contributed by atoms with E-state index in [1.54, 1.807) is 21.9 Å². The number of amides is 2. The van der Waals surface area contributed by atoms with E-state index in [2.05, 4.69) is 0 Å². The molecule has 1 aromatic carbocycles. The normalized spacial score (nSPS) is 23.8. The van der Waals surface area contributed by atoms with Crippen LogP contribution in [-0.2, 0) is 20.9 Å². The van der Waals surface area contributed by atoms with Crippen LogP contribution < -0.4 is 0 Å². The zero-order valence-electron chi connectivity index (χ0n) is 14.6. The highest BCUT2D eigenvalue weighted by molar-refractivity contribution is 6.30. The topological polar surface area (TPSA) is 77.9 Å². The number of aliphatic carboxylic acids is 1. The molecule has 1 saturated heterocycles. The lowest BCUT2D eigenvalue weighted by Gasteiger charge is -2.37. The minimum absolute atomic E-state index is 0.00617. The minimum atomic E-state index is -0.776. The molecule has 26 heavy (non-hydrogen) atoms.